The molecule has 10 nitrogen and oxygen atoms in total. The number of amides is 1. The molecule has 1 amide bonds. The van der Waals surface area contributed by atoms with E-state index in [1.165, 1.54) is 12.1 Å². The first kappa shape index (κ1) is 16.4. The summed E-state index contributed by atoms with van der Waals surface area (Å²) in [5.74, 6) is -2.14. The number of hydrogen-bond donors (Lipinski definition) is 3. The van der Waals surface area contributed by atoms with Gasteiger partial charge in [0, 0.05) is 11.6 Å². The summed E-state index contributed by atoms with van der Waals surface area (Å²) < 4.78 is 0. The third-order valence-electron chi connectivity index (χ3n) is 2.72. The maximum absolute atomic E-state index is 11.5. The highest BCUT2D eigenvalue weighted by molar-refractivity contribution is 8.15. The maximum atomic E-state index is 11.5. The van der Waals surface area contributed by atoms with E-state index < -0.39 is 33.5 Å². The predicted molar refractivity (Wildman–Crippen MR) is 81.6 cm³/mol. The van der Waals surface area contributed by atoms with E-state index in [1.807, 2.05) is 0 Å². The van der Waals surface area contributed by atoms with E-state index in [9.17, 15) is 24.8 Å². The molecule has 1 atom stereocenters. The van der Waals surface area contributed by atoms with Gasteiger partial charge in [0.1, 0.15) is 5.25 Å². The fourth-order valence-electron chi connectivity index (χ4n) is 1.69. The van der Waals surface area contributed by atoms with Gasteiger partial charge in [0.15, 0.2) is 5.17 Å². The van der Waals surface area contributed by atoms with Crippen molar-refractivity contribution in [3.8, 4) is 5.75 Å². The van der Waals surface area contributed by atoms with Crippen LogP contribution in [0.2, 0.25) is 0 Å². The van der Waals surface area contributed by atoms with Crippen LogP contribution in [0.25, 0.3) is 0 Å². The van der Waals surface area contributed by atoms with Crippen molar-refractivity contribution in [1.82, 2.24) is 5.32 Å². The van der Waals surface area contributed by atoms with Crippen molar-refractivity contribution in [2.45, 2.75) is 11.7 Å². The van der Waals surface area contributed by atoms with Gasteiger partial charge in [-0.25, -0.2) is 0 Å². The number of aliphatic carboxylic acids is 1. The molecule has 0 saturated carbocycles. The van der Waals surface area contributed by atoms with Crippen LogP contribution in [0, 0.1) is 10.1 Å². The van der Waals surface area contributed by atoms with Crippen molar-refractivity contribution in [3.05, 3.63) is 33.9 Å². The second-order valence-corrected chi connectivity index (χ2v) is 5.51. The number of nitro groups is 1. The van der Waals surface area contributed by atoms with Crippen LogP contribution in [0.3, 0.4) is 0 Å². The molecule has 0 spiro atoms. The van der Waals surface area contributed by atoms with Crippen molar-refractivity contribution >= 4 is 40.7 Å². The van der Waals surface area contributed by atoms with E-state index in [0.717, 1.165) is 24.0 Å². The molecule has 0 aromatic heterocycles. The van der Waals surface area contributed by atoms with Gasteiger partial charge in [-0.3, -0.25) is 19.7 Å². The zero-order valence-corrected chi connectivity index (χ0v) is 12.2. The zero-order valence-electron chi connectivity index (χ0n) is 11.4. The number of phenolic OH excluding ortho intramolecular Hbond substituents is 1. The lowest BCUT2D eigenvalue weighted by molar-refractivity contribution is -0.385. The smallest absolute Gasteiger partial charge is 0.311 e. The molecule has 0 aliphatic carbocycles. The van der Waals surface area contributed by atoms with Crippen LogP contribution in [-0.2, 0) is 9.59 Å². The van der Waals surface area contributed by atoms with Gasteiger partial charge < -0.3 is 15.5 Å². The van der Waals surface area contributed by atoms with Crippen molar-refractivity contribution < 1.29 is 24.7 Å². The lowest BCUT2D eigenvalue weighted by Gasteiger charge is -1.98. The lowest BCUT2D eigenvalue weighted by atomic mass is 10.2. The van der Waals surface area contributed by atoms with E-state index in [-0.39, 0.29) is 17.2 Å². The molecule has 1 aromatic rings. The van der Waals surface area contributed by atoms with Gasteiger partial charge in [0.25, 0.3) is 0 Å². The van der Waals surface area contributed by atoms with Crippen molar-refractivity contribution in [1.29, 1.82) is 0 Å². The summed E-state index contributed by atoms with van der Waals surface area (Å²) in [6.45, 7) is 0. The number of nitrogens with one attached hydrogen (secondary N) is 1. The van der Waals surface area contributed by atoms with Crippen LogP contribution in [0.15, 0.2) is 28.4 Å². The molecule has 0 radical (unpaired) electrons. The molecule has 1 saturated heterocycles. The standard InChI is InChI=1S/C12H10N4O6S/c17-9(18)4-8-11(20)14-12(23-8)15-13-5-6-2-1-3-7(10(6)19)16(21)22/h1-3,5,8,19H,4H2,(H,17,18)(H,14,15,20)/b13-5-/t8-/m1/s1. The largest absolute Gasteiger partial charge is 0.502 e. The third kappa shape index (κ3) is 4.03. The number of nitro benzene ring substituents is 1. The number of carbonyl (C=O) groups is 2. The normalized spacial score (nSPS) is 19.2. The summed E-state index contributed by atoms with van der Waals surface area (Å²) in [6.07, 6.45) is 0.747. The number of para-hydroxylation sites is 1. The van der Waals surface area contributed by atoms with Gasteiger partial charge in [-0.15, -0.1) is 5.10 Å². The Hall–Kier alpha value is -2.95. The Morgan fingerprint density at radius 3 is 2.91 bits per heavy atom. The number of rotatable bonds is 5. The van der Waals surface area contributed by atoms with Gasteiger partial charge in [0.05, 0.1) is 17.6 Å². The number of carboxylic acid groups (broad SMARTS) is 1. The predicted octanol–water partition coefficient (Wildman–Crippen LogP) is 0.697. The number of nitrogens with zero attached hydrogens (tertiary/aromatic N) is 3. The zero-order chi connectivity index (χ0) is 17.0. The molecular formula is C12H10N4O6S. The minimum atomic E-state index is -1.11. The van der Waals surface area contributed by atoms with Gasteiger partial charge in [-0.2, -0.15) is 5.10 Å². The van der Waals surface area contributed by atoms with E-state index in [1.54, 1.807) is 0 Å². The van der Waals surface area contributed by atoms with Crippen molar-refractivity contribution in [2.24, 2.45) is 10.2 Å². The fourth-order valence-corrected chi connectivity index (χ4v) is 2.60. The highest BCUT2D eigenvalue weighted by atomic mass is 32.2. The molecule has 0 bridgehead atoms. The Labute approximate surface area is 133 Å². The first-order valence-corrected chi connectivity index (χ1v) is 7.03. The molecule has 0 unspecified atom stereocenters. The Morgan fingerprint density at radius 1 is 1.52 bits per heavy atom. The molecule has 1 aliphatic rings. The first-order chi connectivity index (χ1) is 10.9. The Morgan fingerprint density at radius 2 is 2.26 bits per heavy atom. The molecular weight excluding hydrogens is 328 g/mol. The summed E-state index contributed by atoms with van der Waals surface area (Å²) in [7, 11) is 0. The number of phenols is 1. The van der Waals surface area contributed by atoms with Gasteiger partial charge in [0.2, 0.25) is 11.7 Å². The molecule has 11 heteroatoms. The molecule has 1 fully saturated rings. The van der Waals surface area contributed by atoms with Crippen LogP contribution in [0.4, 0.5) is 5.69 Å². The number of carbonyl (C=O) groups excluding carboxylic acids is 1. The average Bonchev–Trinajstić information content (AvgIpc) is 2.80. The number of aromatic hydroxyl groups is 1. The molecule has 2 rings (SSSR count). The van der Waals surface area contributed by atoms with E-state index in [4.69, 9.17) is 5.11 Å². The maximum Gasteiger partial charge on any atom is 0.311 e. The van der Waals surface area contributed by atoms with Crippen LogP contribution in [0.1, 0.15) is 12.0 Å². The van der Waals surface area contributed by atoms with Crippen LogP contribution >= 0.6 is 11.8 Å². The molecule has 1 heterocycles. The molecule has 120 valence electrons. The number of amidine groups is 1. The summed E-state index contributed by atoms with van der Waals surface area (Å²) in [4.78, 5) is 32.0. The van der Waals surface area contributed by atoms with Gasteiger partial charge in [-0.1, -0.05) is 17.8 Å². The summed E-state index contributed by atoms with van der Waals surface area (Å²) in [6, 6.07) is 3.92. The van der Waals surface area contributed by atoms with Crippen molar-refractivity contribution in [3.63, 3.8) is 0 Å². The fraction of sp³-hybridized carbons (Fsp3) is 0.167. The van der Waals surface area contributed by atoms with Gasteiger partial charge >= 0.3 is 11.7 Å². The molecule has 1 aromatic carbocycles. The average molecular weight is 338 g/mol. The number of thioether (sulfide) groups is 1. The monoisotopic (exact) mass is 338 g/mol. The summed E-state index contributed by atoms with van der Waals surface area (Å²) in [5, 5.41) is 38.1. The van der Waals surface area contributed by atoms with E-state index in [0.29, 0.717) is 0 Å². The number of carboxylic acids is 1. The molecule has 3 N–H and O–H groups in total. The quantitative estimate of drug-likeness (QED) is 0.405. The minimum Gasteiger partial charge on any atom is -0.502 e. The van der Waals surface area contributed by atoms with E-state index in [2.05, 4.69) is 15.5 Å². The second-order valence-electron chi connectivity index (χ2n) is 4.32. The number of hydrogen-bond acceptors (Lipinski definition) is 8. The Kier molecular flexibility index (Phi) is 4.91. The van der Waals surface area contributed by atoms with Crippen molar-refractivity contribution in [2.75, 3.05) is 0 Å². The minimum absolute atomic E-state index is 0.0833. The van der Waals surface area contributed by atoms with Crippen LogP contribution < -0.4 is 5.32 Å². The lowest BCUT2D eigenvalue weighted by Crippen LogP contribution is -2.26. The summed E-state index contributed by atoms with van der Waals surface area (Å²) >= 11 is 0.919. The second kappa shape index (κ2) is 6.87. The first-order valence-electron chi connectivity index (χ1n) is 6.15. The Balaban J connectivity index is 2.10. The number of benzene rings is 1. The molecule has 23 heavy (non-hydrogen) atoms. The van der Waals surface area contributed by atoms with Crippen LogP contribution in [0.5, 0.6) is 5.75 Å². The molecule has 1 aliphatic heterocycles. The van der Waals surface area contributed by atoms with Gasteiger partial charge in [-0.05, 0) is 6.07 Å². The highest BCUT2D eigenvalue weighted by Crippen LogP contribution is 2.28. The Bertz CT molecular complexity index is 732. The third-order valence-corrected chi connectivity index (χ3v) is 3.80. The highest BCUT2D eigenvalue weighted by Gasteiger charge is 2.32. The van der Waals surface area contributed by atoms with Crippen LogP contribution in [-0.4, -0.2) is 43.6 Å². The topological polar surface area (TPSA) is 154 Å². The summed E-state index contributed by atoms with van der Waals surface area (Å²) in [5.41, 5.74) is -0.383. The SMILES string of the molecule is O=C(O)C[C@H]1S/C(=N\N=C/c2cccc([N+](=O)[O-])c2O)NC1=O. The van der Waals surface area contributed by atoms with E-state index >= 15 is 0 Å².